The molecule has 4 rings (SSSR count). The average Bonchev–Trinajstić information content (AvgIpc) is 3.48. The van der Waals surface area contributed by atoms with Gasteiger partial charge >= 0.3 is 0 Å². The Bertz CT molecular complexity index is 954. The van der Waals surface area contributed by atoms with Crippen LogP contribution in [0.25, 0.3) is 0 Å². The van der Waals surface area contributed by atoms with Gasteiger partial charge in [-0.3, -0.25) is 9.59 Å². The highest BCUT2D eigenvalue weighted by Crippen LogP contribution is 2.33. The molecule has 2 aromatic rings. The van der Waals surface area contributed by atoms with E-state index in [-0.39, 0.29) is 30.3 Å². The summed E-state index contributed by atoms with van der Waals surface area (Å²) >= 11 is 0. The van der Waals surface area contributed by atoms with Crippen molar-refractivity contribution in [1.29, 1.82) is 0 Å². The summed E-state index contributed by atoms with van der Waals surface area (Å²) in [6.45, 7) is 2.11. The van der Waals surface area contributed by atoms with Crippen LogP contribution in [0.2, 0.25) is 0 Å². The van der Waals surface area contributed by atoms with Gasteiger partial charge in [0.15, 0.2) is 0 Å². The number of aryl methyl sites for hydroxylation is 2. The van der Waals surface area contributed by atoms with Crippen molar-refractivity contribution in [3.63, 3.8) is 0 Å². The van der Waals surface area contributed by atoms with Gasteiger partial charge in [-0.25, -0.2) is 5.01 Å². The molecule has 158 valence electrons. The molecule has 0 saturated heterocycles. The number of aromatic nitrogens is 1. The molecule has 0 bridgehead atoms. The fourth-order valence-corrected chi connectivity index (χ4v) is 4.54. The van der Waals surface area contributed by atoms with Crippen molar-refractivity contribution in [2.75, 3.05) is 13.6 Å². The monoisotopic (exact) mass is 406 g/mol. The SMILES string of the molecule is Cc1ccc(C2CC(c3cccn3C)=NN2C(=O)CN(C)C(=O)C2CCCC2)cc1. The number of nitrogens with zero attached hydrogens (tertiary/aromatic N) is 4. The van der Waals surface area contributed by atoms with Crippen LogP contribution in [0, 0.1) is 12.8 Å². The number of carbonyl (C=O) groups is 2. The number of hydrazone groups is 1. The van der Waals surface area contributed by atoms with E-state index in [1.807, 2.05) is 29.9 Å². The van der Waals surface area contributed by atoms with Gasteiger partial charge in [-0.05, 0) is 37.5 Å². The first-order valence-corrected chi connectivity index (χ1v) is 10.8. The van der Waals surface area contributed by atoms with E-state index in [0.29, 0.717) is 6.42 Å². The van der Waals surface area contributed by atoms with Crippen LogP contribution < -0.4 is 0 Å². The fourth-order valence-electron chi connectivity index (χ4n) is 4.54. The summed E-state index contributed by atoms with van der Waals surface area (Å²) < 4.78 is 2.02. The van der Waals surface area contributed by atoms with Crippen molar-refractivity contribution in [2.24, 2.45) is 18.1 Å². The maximum Gasteiger partial charge on any atom is 0.262 e. The second-order valence-corrected chi connectivity index (χ2v) is 8.60. The minimum Gasteiger partial charge on any atom is -0.350 e. The molecule has 0 radical (unpaired) electrons. The van der Waals surface area contributed by atoms with Gasteiger partial charge in [0.2, 0.25) is 5.91 Å². The van der Waals surface area contributed by atoms with Gasteiger partial charge in [0.05, 0.1) is 17.4 Å². The van der Waals surface area contributed by atoms with E-state index in [1.165, 1.54) is 5.56 Å². The lowest BCUT2D eigenvalue weighted by molar-refractivity contribution is -0.142. The van der Waals surface area contributed by atoms with E-state index in [2.05, 4.69) is 31.2 Å². The van der Waals surface area contributed by atoms with E-state index < -0.39 is 0 Å². The molecule has 0 spiro atoms. The third-order valence-electron chi connectivity index (χ3n) is 6.32. The number of carbonyl (C=O) groups excluding carboxylic acids is 2. The zero-order valence-electron chi connectivity index (χ0n) is 18.0. The van der Waals surface area contributed by atoms with Gasteiger partial charge in [0, 0.05) is 32.6 Å². The first-order valence-electron chi connectivity index (χ1n) is 10.8. The molecule has 1 aliphatic carbocycles. The van der Waals surface area contributed by atoms with Crippen LogP contribution in [0.5, 0.6) is 0 Å². The molecule has 1 aromatic carbocycles. The zero-order valence-corrected chi connectivity index (χ0v) is 18.0. The molecule has 0 N–H and O–H groups in total. The maximum absolute atomic E-state index is 13.2. The number of benzene rings is 1. The smallest absolute Gasteiger partial charge is 0.262 e. The summed E-state index contributed by atoms with van der Waals surface area (Å²) in [4.78, 5) is 27.5. The molecule has 2 heterocycles. The molecule has 1 aromatic heterocycles. The summed E-state index contributed by atoms with van der Waals surface area (Å²) in [7, 11) is 3.72. The quantitative estimate of drug-likeness (QED) is 0.761. The third kappa shape index (κ3) is 4.04. The van der Waals surface area contributed by atoms with Crippen molar-refractivity contribution >= 4 is 17.5 Å². The molecule has 30 heavy (non-hydrogen) atoms. The number of amides is 2. The Morgan fingerprint density at radius 2 is 1.83 bits per heavy atom. The summed E-state index contributed by atoms with van der Waals surface area (Å²) in [5.41, 5.74) is 4.15. The van der Waals surface area contributed by atoms with Crippen LogP contribution in [0.1, 0.15) is 55.0 Å². The number of hydrogen-bond donors (Lipinski definition) is 0. The molecule has 1 atom stereocenters. The van der Waals surface area contributed by atoms with Crippen molar-refractivity contribution in [3.8, 4) is 0 Å². The Kier molecular flexibility index (Phi) is 5.75. The van der Waals surface area contributed by atoms with Crippen molar-refractivity contribution in [2.45, 2.75) is 45.1 Å². The first kappa shape index (κ1) is 20.4. The van der Waals surface area contributed by atoms with Crippen LogP contribution in [0.4, 0.5) is 0 Å². The Balaban J connectivity index is 1.56. The Morgan fingerprint density at radius 1 is 1.13 bits per heavy atom. The summed E-state index contributed by atoms with van der Waals surface area (Å²) in [6.07, 6.45) is 6.71. The minimum absolute atomic E-state index is 0.0572. The molecule has 6 nitrogen and oxygen atoms in total. The summed E-state index contributed by atoms with van der Waals surface area (Å²) in [5, 5.41) is 6.31. The third-order valence-corrected chi connectivity index (χ3v) is 6.32. The van der Waals surface area contributed by atoms with Gasteiger partial charge in [-0.1, -0.05) is 42.7 Å². The number of hydrogen-bond acceptors (Lipinski definition) is 3. The lowest BCUT2D eigenvalue weighted by atomic mass is 9.99. The van der Waals surface area contributed by atoms with Gasteiger partial charge < -0.3 is 9.47 Å². The van der Waals surface area contributed by atoms with Crippen molar-refractivity contribution in [3.05, 3.63) is 59.4 Å². The van der Waals surface area contributed by atoms with E-state index in [0.717, 1.165) is 42.7 Å². The predicted octanol–water partition coefficient (Wildman–Crippen LogP) is 3.66. The van der Waals surface area contributed by atoms with Gasteiger partial charge in [0.1, 0.15) is 6.54 Å². The standard InChI is InChI=1S/C24H30N4O2/c1-17-10-12-18(13-11-17)22-15-20(21-9-6-14-26(21)2)25-28(22)23(29)16-27(3)24(30)19-7-4-5-8-19/h6,9-14,19,22H,4-5,7-8,15-16H2,1-3H3. The molecule has 1 saturated carbocycles. The van der Waals surface area contributed by atoms with Crippen LogP contribution in [-0.2, 0) is 16.6 Å². The molecule has 6 heteroatoms. The molecule has 1 aliphatic heterocycles. The highest BCUT2D eigenvalue weighted by Gasteiger charge is 2.35. The van der Waals surface area contributed by atoms with E-state index in [9.17, 15) is 9.59 Å². The lowest BCUT2D eigenvalue weighted by Crippen LogP contribution is -2.41. The van der Waals surface area contributed by atoms with E-state index in [4.69, 9.17) is 5.10 Å². The summed E-state index contributed by atoms with van der Waals surface area (Å²) in [6, 6.07) is 12.1. The molecule has 2 amide bonds. The lowest BCUT2D eigenvalue weighted by Gasteiger charge is -2.26. The maximum atomic E-state index is 13.2. The Labute approximate surface area is 178 Å². The fraction of sp³-hybridized carbons (Fsp3) is 0.458. The van der Waals surface area contributed by atoms with Crippen LogP contribution in [-0.4, -0.2) is 45.6 Å². The van der Waals surface area contributed by atoms with Crippen LogP contribution in [0.15, 0.2) is 47.7 Å². The second-order valence-electron chi connectivity index (χ2n) is 8.60. The van der Waals surface area contributed by atoms with Crippen LogP contribution >= 0.6 is 0 Å². The molecule has 1 fully saturated rings. The summed E-state index contributed by atoms with van der Waals surface area (Å²) in [5.74, 6) is 0.00825. The van der Waals surface area contributed by atoms with Gasteiger partial charge in [-0.15, -0.1) is 0 Å². The normalized spacial score (nSPS) is 19.2. The van der Waals surface area contributed by atoms with Gasteiger partial charge in [0.25, 0.3) is 5.91 Å². The Morgan fingerprint density at radius 3 is 2.47 bits per heavy atom. The topological polar surface area (TPSA) is 57.9 Å². The first-order chi connectivity index (χ1) is 14.4. The van der Waals surface area contributed by atoms with Gasteiger partial charge in [-0.2, -0.15) is 5.10 Å². The minimum atomic E-state index is -0.155. The highest BCUT2D eigenvalue weighted by atomic mass is 16.2. The highest BCUT2D eigenvalue weighted by molar-refractivity contribution is 6.02. The van der Waals surface area contributed by atoms with E-state index >= 15 is 0 Å². The van der Waals surface area contributed by atoms with Crippen molar-refractivity contribution in [1.82, 2.24) is 14.5 Å². The number of likely N-dealkylation sites (N-methyl/N-ethyl adjacent to an activating group) is 1. The average molecular weight is 407 g/mol. The predicted molar refractivity (Wildman–Crippen MR) is 117 cm³/mol. The second kappa shape index (κ2) is 8.46. The number of rotatable bonds is 5. The zero-order chi connectivity index (χ0) is 21.3. The molecular formula is C24H30N4O2. The van der Waals surface area contributed by atoms with Crippen molar-refractivity contribution < 1.29 is 9.59 Å². The van der Waals surface area contributed by atoms with E-state index in [1.54, 1.807) is 17.0 Å². The Hall–Kier alpha value is -2.89. The molecule has 1 unspecified atom stereocenters. The molecule has 2 aliphatic rings. The largest absolute Gasteiger partial charge is 0.350 e. The van der Waals surface area contributed by atoms with Crippen LogP contribution in [0.3, 0.4) is 0 Å². The molecular weight excluding hydrogens is 376 g/mol.